The monoisotopic (exact) mass is 340 g/mol. The fourth-order valence-corrected chi connectivity index (χ4v) is 2.43. The van der Waals surface area contributed by atoms with Gasteiger partial charge in [0.15, 0.2) is 0 Å². The predicted octanol–water partition coefficient (Wildman–Crippen LogP) is 2.62. The minimum atomic E-state index is -0.548. The van der Waals surface area contributed by atoms with Crippen molar-refractivity contribution in [2.75, 3.05) is 19.8 Å². The Kier molecular flexibility index (Phi) is 8.84. The molecular weight excluding hydrogens is 307 g/mol. The molecule has 0 aromatic heterocycles. The molecule has 0 heterocycles. The van der Waals surface area contributed by atoms with Crippen LogP contribution in [0.25, 0.3) is 0 Å². The molecule has 0 saturated heterocycles. The second-order valence-corrected chi connectivity index (χ2v) is 7.48. The predicted molar refractivity (Wildman–Crippen MR) is 96.4 cm³/mol. The molecular formula is C19H33FN2O2. The van der Waals surface area contributed by atoms with E-state index in [0.29, 0.717) is 37.7 Å². The highest BCUT2D eigenvalue weighted by Crippen LogP contribution is 2.16. The van der Waals surface area contributed by atoms with Gasteiger partial charge in [-0.25, -0.2) is 4.39 Å². The summed E-state index contributed by atoms with van der Waals surface area (Å²) in [5, 5.41) is 13.3. The summed E-state index contributed by atoms with van der Waals surface area (Å²) >= 11 is 0. The molecule has 5 heteroatoms. The third kappa shape index (κ3) is 8.20. The van der Waals surface area contributed by atoms with Crippen LogP contribution in [0.5, 0.6) is 0 Å². The van der Waals surface area contributed by atoms with Gasteiger partial charge in [-0.05, 0) is 44.2 Å². The Balaban J connectivity index is 2.38. The van der Waals surface area contributed by atoms with Gasteiger partial charge in [-0.1, -0.05) is 26.0 Å². The topological polar surface area (TPSA) is 67.5 Å². The first-order chi connectivity index (χ1) is 11.2. The molecule has 24 heavy (non-hydrogen) atoms. The number of nitrogens with one attached hydrogen (secondary N) is 1. The molecule has 0 aliphatic rings. The average molecular weight is 340 g/mol. The van der Waals surface area contributed by atoms with E-state index in [1.54, 1.807) is 6.07 Å². The third-order valence-electron chi connectivity index (χ3n) is 3.95. The molecule has 0 spiro atoms. The van der Waals surface area contributed by atoms with Gasteiger partial charge >= 0.3 is 0 Å². The van der Waals surface area contributed by atoms with Gasteiger partial charge in [0.2, 0.25) is 0 Å². The average Bonchev–Trinajstić information content (AvgIpc) is 2.49. The van der Waals surface area contributed by atoms with Crippen LogP contribution in [-0.2, 0) is 17.7 Å². The summed E-state index contributed by atoms with van der Waals surface area (Å²) in [6, 6.07) is 5.18. The zero-order valence-electron chi connectivity index (χ0n) is 15.4. The van der Waals surface area contributed by atoms with Gasteiger partial charge in [0, 0.05) is 30.8 Å². The first kappa shape index (κ1) is 21.0. The molecule has 1 aromatic rings. The number of halogens is 1. The van der Waals surface area contributed by atoms with Crippen molar-refractivity contribution in [2.24, 2.45) is 11.7 Å². The van der Waals surface area contributed by atoms with Crippen LogP contribution >= 0.6 is 0 Å². The minimum Gasteiger partial charge on any atom is -0.389 e. The van der Waals surface area contributed by atoms with E-state index in [4.69, 9.17) is 10.5 Å². The summed E-state index contributed by atoms with van der Waals surface area (Å²) in [5.74, 6) is 0.342. The largest absolute Gasteiger partial charge is 0.389 e. The fraction of sp³-hybridized carbons (Fsp3) is 0.684. The van der Waals surface area contributed by atoms with E-state index in [-0.39, 0.29) is 17.9 Å². The van der Waals surface area contributed by atoms with Gasteiger partial charge < -0.3 is 20.9 Å². The number of ether oxygens (including phenoxy) is 1. The van der Waals surface area contributed by atoms with Crippen molar-refractivity contribution in [3.8, 4) is 0 Å². The lowest BCUT2D eigenvalue weighted by atomic mass is 9.94. The van der Waals surface area contributed by atoms with Crippen molar-refractivity contribution in [3.05, 3.63) is 35.1 Å². The number of aliphatic hydroxyl groups excluding tert-OH is 1. The van der Waals surface area contributed by atoms with Gasteiger partial charge in [0.05, 0.1) is 12.7 Å². The summed E-state index contributed by atoms with van der Waals surface area (Å²) < 4.78 is 19.3. The number of β-amino-alcohol motifs (C(OH)–C–C–N with tert-alkyl or cyclic N) is 1. The summed E-state index contributed by atoms with van der Waals surface area (Å²) in [6.07, 6.45) is 1.11. The van der Waals surface area contributed by atoms with Gasteiger partial charge in [-0.2, -0.15) is 0 Å². The molecule has 1 rings (SSSR count). The van der Waals surface area contributed by atoms with E-state index in [1.165, 1.54) is 6.07 Å². The smallest absolute Gasteiger partial charge is 0.127 e. The molecule has 0 unspecified atom stereocenters. The number of hydrogen-bond acceptors (Lipinski definition) is 4. The molecule has 138 valence electrons. The summed E-state index contributed by atoms with van der Waals surface area (Å²) in [5.41, 5.74) is 6.66. The Hall–Kier alpha value is -1.01. The van der Waals surface area contributed by atoms with Crippen molar-refractivity contribution in [3.63, 3.8) is 0 Å². The quantitative estimate of drug-likeness (QED) is 0.542. The van der Waals surface area contributed by atoms with E-state index in [9.17, 15) is 9.50 Å². The highest BCUT2D eigenvalue weighted by atomic mass is 19.1. The second-order valence-electron chi connectivity index (χ2n) is 7.48. The van der Waals surface area contributed by atoms with Gasteiger partial charge in [0.25, 0.3) is 0 Å². The maximum absolute atomic E-state index is 13.8. The normalized spacial score (nSPS) is 13.5. The van der Waals surface area contributed by atoms with Crippen LogP contribution in [0.15, 0.2) is 18.2 Å². The van der Waals surface area contributed by atoms with E-state index in [2.05, 4.69) is 19.2 Å². The second kappa shape index (κ2) is 10.1. The molecule has 4 N–H and O–H groups in total. The molecule has 0 amide bonds. The Bertz CT molecular complexity index is 492. The highest BCUT2D eigenvalue weighted by molar-refractivity contribution is 5.25. The van der Waals surface area contributed by atoms with Crippen LogP contribution in [0.4, 0.5) is 4.39 Å². The van der Waals surface area contributed by atoms with Crippen LogP contribution in [0.2, 0.25) is 0 Å². The van der Waals surface area contributed by atoms with Crippen molar-refractivity contribution < 1.29 is 14.2 Å². The highest BCUT2D eigenvalue weighted by Gasteiger charge is 2.20. The molecule has 4 nitrogen and oxygen atoms in total. The van der Waals surface area contributed by atoms with Crippen LogP contribution in [0.1, 0.15) is 45.2 Å². The van der Waals surface area contributed by atoms with Crippen molar-refractivity contribution in [1.29, 1.82) is 0 Å². The molecule has 1 atom stereocenters. The van der Waals surface area contributed by atoms with Crippen LogP contribution < -0.4 is 11.1 Å². The SMILES string of the molecule is CC(C)CCOC[C@H](O)CNC(C)(C)Cc1ccc(CN)c(F)c1. The summed E-state index contributed by atoms with van der Waals surface area (Å²) in [4.78, 5) is 0. The number of rotatable bonds is 11. The Morgan fingerprint density at radius 3 is 2.62 bits per heavy atom. The van der Waals surface area contributed by atoms with Crippen LogP contribution in [0, 0.1) is 11.7 Å². The Labute approximate surface area is 145 Å². The van der Waals surface area contributed by atoms with E-state index >= 15 is 0 Å². The standard InChI is InChI=1S/C19H33FN2O2/c1-14(2)7-8-24-13-17(23)12-22-19(3,4)10-15-5-6-16(11-21)18(20)9-15/h5-6,9,14,17,22-23H,7-8,10-13,21H2,1-4H3/t17-/m1/s1. The minimum absolute atomic E-state index is 0.205. The lowest BCUT2D eigenvalue weighted by Gasteiger charge is -2.28. The Morgan fingerprint density at radius 2 is 2.04 bits per heavy atom. The van der Waals surface area contributed by atoms with Crippen molar-refractivity contribution >= 4 is 0 Å². The van der Waals surface area contributed by atoms with Crippen LogP contribution in [-0.4, -0.2) is 36.5 Å². The molecule has 1 aromatic carbocycles. The zero-order valence-corrected chi connectivity index (χ0v) is 15.4. The number of hydrogen-bond donors (Lipinski definition) is 3. The van der Waals surface area contributed by atoms with Gasteiger partial charge in [-0.3, -0.25) is 0 Å². The van der Waals surface area contributed by atoms with Gasteiger partial charge in [-0.15, -0.1) is 0 Å². The lowest BCUT2D eigenvalue weighted by Crippen LogP contribution is -2.46. The molecule has 0 aliphatic heterocycles. The maximum atomic E-state index is 13.8. The maximum Gasteiger partial charge on any atom is 0.127 e. The number of nitrogens with two attached hydrogens (primary N) is 1. The number of benzene rings is 1. The Morgan fingerprint density at radius 1 is 1.33 bits per heavy atom. The van der Waals surface area contributed by atoms with Crippen molar-refractivity contribution in [2.45, 2.75) is 58.7 Å². The van der Waals surface area contributed by atoms with E-state index in [1.807, 2.05) is 19.9 Å². The third-order valence-corrected chi connectivity index (χ3v) is 3.95. The molecule has 0 saturated carbocycles. The lowest BCUT2D eigenvalue weighted by molar-refractivity contribution is 0.0297. The van der Waals surface area contributed by atoms with Crippen LogP contribution in [0.3, 0.4) is 0 Å². The zero-order chi connectivity index (χ0) is 18.2. The molecule has 0 radical (unpaired) electrons. The molecule has 0 fully saturated rings. The van der Waals surface area contributed by atoms with E-state index in [0.717, 1.165) is 12.0 Å². The molecule has 0 aliphatic carbocycles. The number of aliphatic hydroxyl groups is 1. The first-order valence-electron chi connectivity index (χ1n) is 8.71. The fourth-order valence-electron chi connectivity index (χ4n) is 2.43. The summed E-state index contributed by atoms with van der Waals surface area (Å²) in [7, 11) is 0. The molecule has 0 bridgehead atoms. The summed E-state index contributed by atoms with van der Waals surface area (Å²) in [6.45, 7) is 10.0. The first-order valence-corrected chi connectivity index (χ1v) is 8.71. The van der Waals surface area contributed by atoms with E-state index < -0.39 is 6.10 Å². The van der Waals surface area contributed by atoms with Crippen molar-refractivity contribution in [1.82, 2.24) is 5.32 Å². The van der Waals surface area contributed by atoms with Gasteiger partial charge in [0.1, 0.15) is 5.82 Å².